The molecule has 0 radical (unpaired) electrons. The average Bonchev–Trinajstić information content (AvgIpc) is 2.46. The predicted octanol–water partition coefficient (Wildman–Crippen LogP) is 3.07. The minimum absolute atomic E-state index is 0.0255. The summed E-state index contributed by atoms with van der Waals surface area (Å²) in [6.07, 6.45) is 3.13. The number of pyridine rings is 1. The highest BCUT2D eigenvalue weighted by molar-refractivity contribution is 6.03. The quantitative estimate of drug-likeness (QED) is 0.838. The summed E-state index contributed by atoms with van der Waals surface area (Å²) in [4.78, 5) is 29.8. The summed E-state index contributed by atoms with van der Waals surface area (Å²) in [6.45, 7) is 8.75. The van der Waals surface area contributed by atoms with Crippen molar-refractivity contribution < 1.29 is 14.7 Å². The van der Waals surface area contributed by atoms with Crippen LogP contribution < -0.4 is 0 Å². The minimum atomic E-state index is -1.12. The standard InChI is InChI=1S/C16H24N2O3/c1-5-12(6-2)18(10-11(3)4)15(19)14-13(16(20)21)8-7-9-17-14/h7-9,11-12H,5-6,10H2,1-4H3,(H,20,21). The van der Waals surface area contributed by atoms with Crippen LogP contribution in [0, 0.1) is 5.92 Å². The Balaban J connectivity index is 3.19. The van der Waals surface area contributed by atoms with Crippen LogP contribution in [0.25, 0.3) is 0 Å². The zero-order chi connectivity index (χ0) is 16.0. The third-order valence-electron chi connectivity index (χ3n) is 3.45. The molecule has 116 valence electrons. The van der Waals surface area contributed by atoms with Crippen molar-refractivity contribution in [3.8, 4) is 0 Å². The van der Waals surface area contributed by atoms with E-state index in [-0.39, 0.29) is 23.2 Å². The number of nitrogens with zero attached hydrogens (tertiary/aromatic N) is 2. The van der Waals surface area contributed by atoms with Gasteiger partial charge in [-0.3, -0.25) is 9.78 Å². The fraction of sp³-hybridized carbons (Fsp3) is 0.562. The Bertz CT molecular complexity index is 496. The van der Waals surface area contributed by atoms with Gasteiger partial charge in [0.2, 0.25) is 0 Å². The molecule has 0 saturated carbocycles. The van der Waals surface area contributed by atoms with Gasteiger partial charge in [-0.05, 0) is 30.9 Å². The fourth-order valence-corrected chi connectivity index (χ4v) is 2.40. The third-order valence-corrected chi connectivity index (χ3v) is 3.45. The molecule has 0 fully saturated rings. The van der Waals surface area contributed by atoms with Crippen molar-refractivity contribution in [2.45, 2.75) is 46.6 Å². The van der Waals surface area contributed by atoms with E-state index < -0.39 is 5.97 Å². The van der Waals surface area contributed by atoms with Crippen LogP contribution >= 0.6 is 0 Å². The van der Waals surface area contributed by atoms with Crippen LogP contribution in [0.5, 0.6) is 0 Å². The maximum atomic E-state index is 12.8. The topological polar surface area (TPSA) is 70.5 Å². The summed E-state index contributed by atoms with van der Waals surface area (Å²) in [5.41, 5.74) is -0.0141. The van der Waals surface area contributed by atoms with Crippen molar-refractivity contribution in [3.63, 3.8) is 0 Å². The number of carbonyl (C=O) groups is 2. The first kappa shape index (κ1) is 17.1. The van der Waals surface area contributed by atoms with E-state index in [1.54, 1.807) is 4.90 Å². The Labute approximate surface area is 126 Å². The van der Waals surface area contributed by atoms with E-state index in [2.05, 4.69) is 4.98 Å². The number of aromatic carboxylic acids is 1. The Morgan fingerprint density at radius 2 is 1.90 bits per heavy atom. The van der Waals surface area contributed by atoms with Gasteiger partial charge in [0.05, 0.1) is 5.56 Å². The van der Waals surface area contributed by atoms with Gasteiger partial charge in [0.25, 0.3) is 5.91 Å². The maximum absolute atomic E-state index is 12.8. The number of rotatable bonds is 7. The molecule has 0 saturated heterocycles. The largest absolute Gasteiger partial charge is 0.478 e. The van der Waals surface area contributed by atoms with E-state index in [9.17, 15) is 14.7 Å². The first-order chi connectivity index (χ1) is 9.92. The summed E-state index contributed by atoms with van der Waals surface area (Å²) in [5, 5.41) is 9.22. The smallest absolute Gasteiger partial charge is 0.338 e. The number of carbonyl (C=O) groups excluding carboxylic acids is 1. The van der Waals surface area contributed by atoms with Gasteiger partial charge in [-0.1, -0.05) is 27.7 Å². The molecule has 1 amide bonds. The van der Waals surface area contributed by atoms with Gasteiger partial charge in [0, 0.05) is 18.8 Å². The zero-order valence-electron chi connectivity index (χ0n) is 13.2. The van der Waals surface area contributed by atoms with Crippen molar-refractivity contribution in [2.75, 3.05) is 6.54 Å². The molecule has 1 N–H and O–H groups in total. The number of hydrogen-bond acceptors (Lipinski definition) is 3. The number of hydrogen-bond donors (Lipinski definition) is 1. The first-order valence-electron chi connectivity index (χ1n) is 7.41. The van der Waals surface area contributed by atoms with Crippen molar-refractivity contribution in [2.24, 2.45) is 5.92 Å². The molecule has 0 bridgehead atoms. The molecular formula is C16H24N2O3. The molecule has 0 aliphatic rings. The van der Waals surface area contributed by atoms with Crippen LogP contribution in [0.4, 0.5) is 0 Å². The molecule has 1 aromatic rings. The highest BCUT2D eigenvalue weighted by Crippen LogP contribution is 2.17. The Morgan fingerprint density at radius 3 is 2.38 bits per heavy atom. The third kappa shape index (κ3) is 4.28. The van der Waals surface area contributed by atoms with E-state index in [0.29, 0.717) is 12.5 Å². The molecule has 5 heteroatoms. The molecular weight excluding hydrogens is 268 g/mol. The zero-order valence-corrected chi connectivity index (χ0v) is 13.2. The van der Waals surface area contributed by atoms with Crippen molar-refractivity contribution >= 4 is 11.9 Å². The maximum Gasteiger partial charge on any atom is 0.338 e. The monoisotopic (exact) mass is 292 g/mol. The second-order valence-electron chi connectivity index (χ2n) is 5.53. The van der Waals surface area contributed by atoms with Gasteiger partial charge in [-0.2, -0.15) is 0 Å². The Kier molecular flexibility index (Phi) is 6.34. The molecule has 1 heterocycles. The van der Waals surface area contributed by atoms with Crippen molar-refractivity contribution in [3.05, 3.63) is 29.6 Å². The summed E-state index contributed by atoms with van der Waals surface area (Å²) in [5.74, 6) is -1.11. The number of amides is 1. The normalized spacial score (nSPS) is 11.0. The van der Waals surface area contributed by atoms with Crippen LogP contribution in [0.3, 0.4) is 0 Å². The van der Waals surface area contributed by atoms with Gasteiger partial charge in [0.15, 0.2) is 0 Å². The van der Waals surface area contributed by atoms with E-state index in [4.69, 9.17) is 0 Å². The second-order valence-corrected chi connectivity index (χ2v) is 5.53. The van der Waals surface area contributed by atoms with Gasteiger partial charge >= 0.3 is 5.97 Å². The summed E-state index contributed by atoms with van der Waals surface area (Å²) in [7, 11) is 0. The minimum Gasteiger partial charge on any atom is -0.478 e. The lowest BCUT2D eigenvalue weighted by atomic mass is 10.1. The van der Waals surface area contributed by atoms with Crippen LogP contribution in [-0.4, -0.2) is 39.5 Å². The Hall–Kier alpha value is -1.91. The molecule has 0 atom stereocenters. The summed E-state index contributed by atoms with van der Waals surface area (Å²) < 4.78 is 0. The molecule has 0 aliphatic carbocycles. The molecule has 0 aliphatic heterocycles. The second kappa shape index (κ2) is 7.76. The van der Waals surface area contributed by atoms with Crippen LogP contribution in [0.15, 0.2) is 18.3 Å². The van der Waals surface area contributed by atoms with Crippen LogP contribution in [-0.2, 0) is 0 Å². The predicted molar refractivity (Wildman–Crippen MR) is 81.4 cm³/mol. The number of carboxylic acids is 1. The van der Waals surface area contributed by atoms with E-state index in [0.717, 1.165) is 12.8 Å². The average molecular weight is 292 g/mol. The lowest BCUT2D eigenvalue weighted by molar-refractivity contribution is 0.0611. The number of carboxylic acid groups (broad SMARTS) is 1. The van der Waals surface area contributed by atoms with Crippen LogP contribution in [0.1, 0.15) is 61.4 Å². The molecule has 5 nitrogen and oxygen atoms in total. The highest BCUT2D eigenvalue weighted by atomic mass is 16.4. The van der Waals surface area contributed by atoms with E-state index in [1.165, 1.54) is 18.3 Å². The van der Waals surface area contributed by atoms with Gasteiger partial charge < -0.3 is 10.0 Å². The lowest BCUT2D eigenvalue weighted by Gasteiger charge is -2.32. The van der Waals surface area contributed by atoms with Crippen molar-refractivity contribution in [1.29, 1.82) is 0 Å². The van der Waals surface area contributed by atoms with Crippen LogP contribution in [0.2, 0.25) is 0 Å². The molecule has 0 unspecified atom stereocenters. The molecule has 0 spiro atoms. The number of aromatic nitrogens is 1. The molecule has 21 heavy (non-hydrogen) atoms. The Morgan fingerprint density at radius 1 is 1.29 bits per heavy atom. The van der Waals surface area contributed by atoms with Crippen molar-refractivity contribution in [1.82, 2.24) is 9.88 Å². The van der Waals surface area contributed by atoms with E-state index in [1.807, 2.05) is 27.7 Å². The molecule has 1 aromatic heterocycles. The lowest BCUT2D eigenvalue weighted by Crippen LogP contribution is -2.43. The van der Waals surface area contributed by atoms with Gasteiger partial charge in [-0.25, -0.2) is 4.79 Å². The molecule has 0 aromatic carbocycles. The van der Waals surface area contributed by atoms with E-state index >= 15 is 0 Å². The van der Waals surface area contributed by atoms with Gasteiger partial charge in [0.1, 0.15) is 5.69 Å². The first-order valence-corrected chi connectivity index (χ1v) is 7.41. The summed E-state index contributed by atoms with van der Waals surface area (Å²) in [6, 6.07) is 3.05. The highest BCUT2D eigenvalue weighted by Gasteiger charge is 2.27. The fourth-order valence-electron chi connectivity index (χ4n) is 2.40. The SMILES string of the molecule is CCC(CC)N(CC(C)C)C(=O)c1ncccc1C(=O)O. The molecule has 1 rings (SSSR count). The van der Waals surface area contributed by atoms with Gasteiger partial charge in [-0.15, -0.1) is 0 Å². The summed E-state index contributed by atoms with van der Waals surface area (Å²) >= 11 is 0.